The van der Waals surface area contributed by atoms with Crippen molar-refractivity contribution in [1.82, 2.24) is 9.71 Å². The van der Waals surface area contributed by atoms with Crippen molar-refractivity contribution in [1.29, 1.82) is 0 Å². The molecule has 0 bridgehead atoms. The number of sulfonamides is 1. The normalized spacial score (nSPS) is 12.4. The van der Waals surface area contributed by atoms with Crippen molar-refractivity contribution in [3.05, 3.63) is 90.5 Å². The highest BCUT2D eigenvalue weighted by atomic mass is 32.2. The second-order valence-corrected chi connectivity index (χ2v) is 9.61. The fourth-order valence-corrected chi connectivity index (χ4v) is 4.88. The predicted molar refractivity (Wildman–Crippen MR) is 133 cm³/mol. The number of fused-ring (bicyclic) bond motifs is 1. The number of nitrogens with one attached hydrogen (secondary N) is 2. The van der Waals surface area contributed by atoms with Crippen molar-refractivity contribution < 1.29 is 17.9 Å². The van der Waals surface area contributed by atoms with Crippen LogP contribution in [0.15, 0.2) is 89.8 Å². The quantitative estimate of drug-likeness (QED) is 0.392. The summed E-state index contributed by atoms with van der Waals surface area (Å²) >= 11 is 0. The lowest BCUT2D eigenvalue weighted by molar-refractivity contribution is 0.102. The molecule has 1 heterocycles. The number of methoxy groups -OCH3 is 1. The topological polar surface area (TPSA) is 97.4 Å². The van der Waals surface area contributed by atoms with Crippen molar-refractivity contribution in [2.75, 3.05) is 19.0 Å². The van der Waals surface area contributed by atoms with Crippen LogP contribution in [0.2, 0.25) is 0 Å². The van der Waals surface area contributed by atoms with Gasteiger partial charge in [-0.15, -0.1) is 0 Å². The average Bonchev–Trinajstić information content (AvgIpc) is 2.84. The maximum Gasteiger partial charge on any atom is 0.256 e. The molecule has 0 saturated carbocycles. The summed E-state index contributed by atoms with van der Waals surface area (Å²) in [6.45, 7) is 1.98. The molecule has 0 spiro atoms. The SMILES string of the molecule is COCC(C)NS(=O)(=O)c1ccc(NC(=O)c2cc(-c3ccccc3)nc3ccccc23)cc1. The number of aromatic nitrogens is 1. The Hall–Kier alpha value is -3.59. The van der Waals surface area contributed by atoms with Crippen LogP contribution in [0.1, 0.15) is 17.3 Å². The second-order valence-electron chi connectivity index (χ2n) is 7.89. The molecule has 0 aliphatic rings. The van der Waals surface area contributed by atoms with Crippen LogP contribution >= 0.6 is 0 Å². The number of hydrogen-bond donors (Lipinski definition) is 2. The molecule has 0 aliphatic heterocycles. The fraction of sp³-hybridized carbons (Fsp3) is 0.154. The Kier molecular flexibility index (Phi) is 7.02. The number of benzene rings is 3. The molecule has 0 aliphatic carbocycles. The largest absolute Gasteiger partial charge is 0.383 e. The Morgan fingerprint density at radius 1 is 0.971 bits per heavy atom. The van der Waals surface area contributed by atoms with Crippen molar-refractivity contribution >= 4 is 32.5 Å². The summed E-state index contributed by atoms with van der Waals surface area (Å²) in [5.41, 5.74) is 3.29. The molecule has 0 saturated heterocycles. The van der Waals surface area contributed by atoms with Gasteiger partial charge in [-0.3, -0.25) is 4.79 Å². The Morgan fingerprint density at radius 2 is 1.65 bits per heavy atom. The number of rotatable bonds is 8. The minimum absolute atomic E-state index is 0.106. The smallest absolute Gasteiger partial charge is 0.256 e. The lowest BCUT2D eigenvalue weighted by atomic mass is 10.0. The second kappa shape index (κ2) is 10.1. The van der Waals surface area contributed by atoms with Gasteiger partial charge in [0.1, 0.15) is 0 Å². The van der Waals surface area contributed by atoms with Crippen LogP contribution in [0.25, 0.3) is 22.2 Å². The van der Waals surface area contributed by atoms with Gasteiger partial charge in [0.25, 0.3) is 5.91 Å². The maximum atomic E-state index is 13.2. The first kappa shape index (κ1) is 23.6. The van der Waals surface area contributed by atoms with Gasteiger partial charge in [-0.2, -0.15) is 0 Å². The average molecular weight is 476 g/mol. The first-order chi connectivity index (χ1) is 16.4. The molecule has 0 radical (unpaired) electrons. The summed E-state index contributed by atoms with van der Waals surface area (Å²) in [6.07, 6.45) is 0. The Balaban J connectivity index is 1.60. The first-order valence-electron chi connectivity index (χ1n) is 10.8. The van der Waals surface area contributed by atoms with Crippen molar-refractivity contribution in [3.63, 3.8) is 0 Å². The van der Waals surface area contributed by atoms with Crippen LogP contribution < -0.4 is 10.0 Å². The van der Waals surface area contributed by atoms with Crippen LogP contribution in [-0.4, -0.2) is 39.1 Å². The number of carbonyl (C=O) groups excluding carboxylic acids is 1. The minimum Gasteiger partial charge on any atom is -0.383 e. The zero-order valence-corrected chi connectivity index (χ0v) is 19.7. The van der Waals surface area contributed by atoms with E-state index in [4.69, 9.17) is 9.72 Å². The Bertz CT molecular complexity index is 1410. The number of anilines is 1. The zero-order valence-electron chi connectivity index (χ0n) is 18.9. The summed E-state index contributed by atoms with van der Waals surface area (Å²) < 4.78 is 32.6. The van der Waals surface area contributed by atoms with Gasteiger partial charge in [0.05, 0.1) is 28.3 Å². The molecule has 8 heteroatoms. The van der Waals surface area contributed by atoms with Crippen LogP contribution in [0.3, 0.4) is 0 Å². The van der Waals surface area contributed by atoms with Crippen LogP contribution in [0.5, 0.6) is 0 Å². The van der Waals surface area contributed by atoms with E-state index in [9.17, 15) is 13.2 Å². The molecule has 0 fully saturated rings. The minimum atomic E-state index is -3.70. The van der Waals surface area contributed by atoms with E-state index in [2.05, 4.69) is 10.0 Å². The van der Waals surface area contributed by atoms with Gasteiger partial charge in [0.15, 0.2) is 0 Å². The molecule has 1 unspecified atom stereocenters. The highest BCUT2D eigenvalue weighted by Crippen LogP contribution is 2.26. The summed E-state index contributed by atoms with van der Waals surface area (Å²) in [4.78, 5) is 18.0. The monoisotopic (exact) mass is 475 g/mol. The number of pyridine rings is 1. The zero-order chi connectivity index (χ0) is 24.1. The number of para-hydroxylation sites is 1. The van der Waals surface area contributed by atoms with Gasteiger partial charge in [-0.25, -0.2) is 18.1 Å². The van der Waals surface area contributed by atoms with Gasteiger partial charge in [0.2, 0.25) is 10.0 Å². The molecule has 1 amide bonds. The maximum absolute atomic E-state index is 13.2. The molecule has 2 N–H and O–H groups in total. The highest BCUT2D eigenvalue weighted by Gasteiger charge is 2.18. The van der Waals surface area contributed by atoms with E-state index in [0.29, 0.717) is 22.5 Å². The van der Waals surface area contributed by atoms with E-state index in [1.165, 1.54) is 19.2 Å². The number of hydrogen-bond acceptors (Lipinski definition) is 5. The number of ether oxygens (including phenoxy) is 1. The molecular weight excluding hydrogens is 450 g/mol. The third-order valence-corrected chi connectivity index (χ3v) is 6.83. The summed E-state index contributed by atoms with van der Waals surface area (Å²) in [5, 5.41) is 3.60. The highest BCUT2D eigenvalue weighted by molar-refractivity contribution is 7.89. The van der Waals surface area contributed by atoms with E-state index in [1.807, 2.05) is 54.6 Å². The van der Waals surface area contributed by atoms with Crippen LogP contribution in [0.4, 0.5) is 5.69 Å². The number of amides is 1. The van der Waals surface area contributed by atoms with Crippen molar-refractivity contribution in [2.45, 2.75) is 17.9 Å². The fourth-order valence-electron chi connectivity index (χ4n) is 3.65. The summed E-state index contributed by atoms with van der Waals surface area (Å²) in [6, 6.07) is 24.6. The van der Waals surface area contributed by atoms with Gasteiger partial charge >= 0.3 is 0 Å². The first-order valence-corrected chi connectivity index (χ1v) is 12.2. The molecule has 7 nitrogen and oxygen atoms in total. The lowest BCUT2D eigenvalue weighted by Crippen LogP contribution is -2.35. The third kappa shape index (κ3) is 5.31. The van der Waals surface area contributed by atoms with Crippen LogP contribution in [0, 0.1) is 0 Å². The molecule has 34 heavy (non-hydrogen) atoms. The molecule has 3 aromatic carbocycles. The number of nitrogens with zero attached hydrogens (tertiary/aromatic N) is 1. The van der Waals surface area contributed by atoms with Gasteiger partial charge in [-0.1, -0.05) is 48.5 Å². The molecule has 1 aromatic heterocycles. The van der Waals surface area contributed by atoms with Gasteiger partial charge < -0.3 is 10.1 Å². The van der Waals surface area contributed by atoms with Crippen LogP contribution in [-0.2, 0) is 14.8 Å². The standard InChI is InChI=1S/C26H25N3O4S/c1-18(17-33-2)29-34(31,32)21-14-12-20(13-15-21)27-26(30)23-16-25(19-8-4-3-5-9-19)28-24-11-7-6-10-22(23)24/h3-16,18,29H,17H2,1-2H3,(H,27,30). The molecule has 1 atom stereocenters. The number of carbonyl (C=O) groups is 1. The van der Waals surface area contributed by atoms with E-state index in [0.717, 1.165) is 10.9 Å². The van der Waals surface area contributed by atoms with Crippen molar-refractivity contribution in [3.8, 4) is 11.3 Å². The molecular formula is C26H25N3O4S. The van der Waals surface area contributed by atoms with E-state index < -0.39 is 10.0 Å². The Labute approximate surface area is 198 Å². The van der Waals surface area contributed by atoms with Crippen molar-refractivity contribution in [2.24, 2.45) is 0 Å². The lowest BCUT2D eigenvalue weighted by Gasteiger charge is -2.14. The predicted octanol–water partition coefficient (Wildman–Crippen LogP) is 4.47. The van der Waals surface area contributed by atoms with E-state index in [-0.39, 0.29) is 23.5 Å². The molecule has 4 aromatic rings. The van der Waals surface area contributed by atoms with E-state index >= 15 is 0 Å². The summed E-state index contributed by atoms with van der Waals surface area (Å²) in [5.74, 6) is -0.307. The molecule has 174 valence electrons. The van der Waals surface area contributed by atoms with E-state index in [1.54, 1.807) is 25.1 Å². The molecule has 4 rings (SSSR count). The summed E-state index contributed by atoms with van der Waals surface area (Å²) in [7, 11) is -2.18. The Morgan fingerprint density at radius 3 is 2.35 bits per heavy atom. The van der Waals surface area contributed by atoms with Gasteiger partial charge in [0, 0.05) is 29.8 Å². The van der Waals surface area contributed by atoms with Gasteiger partial charge in [-0.05, 0) is 43.3 Å². The third-order valence-electron chi connectivity index (χ3n) is 5.23.